The molecule has 4 nitrogen and oxygen atoms in total. The van der Waals surface area contributed by atoms with Crippen molar-refractivity contribution >= 4 is 11.6 Å². The molecule has 0 aliphatic carbocycles. The van der Waals surface area contributed by atoms with Gasteiger partial charge in [-0.3, -0.25) is 9.59 Å². The number of carbonyl (C=O) groups excluding carboxylic acids is 2. The van der Waals surface area contributed by atoms with E-state index in [0.29, 0.717) is 0 Å². The molecule has 0 radical (unpaired) electrons. The minimum Gasteiger partial charge on any atom is -0.298 e. The SMILES string of the molecule is CC(=O)[C@@H](NN[C@H](C(C)=O)C(C)C)C(C)C. The lowest BCUT2D eigenvalue weighted by Crippen LogP contribution is -2.55. The maximum absolute atomic E-state index is 11.4. The quantitative estimate of drug-likeness (QED) is 0.645. The first-order valence-corrected chi connectivity index (χ1v) is 5.79. The van der Waals surface area contributed by atoms with Crippen LogP contribution in [0.4, 0.5) is 0 Å². The van der Waals surface area contributed by atoms with Crippen LogP contribution >= 0.6 is 0 Å². The highest BCUT2D eigenvalue weighted by atomic mass is 16.1. The second-order valence-corrected chi connectivity index (χ2v) is 4.95. The normalized spacial score (nSPS) is 15.2. The Bertz CT molecular complexity index is 223. The number of nitrogens with one attached hydrogen (secondary N) is 2. The van der Waals surface area contributed by atoms with Gasteiger partial charge in [-0.1, -0.05) is 27.7 Å². The third-order valence-electron chi connectivity index (χ3n) is 2.60. The van der Waals surface area contributed by atoms with E-state index in [2.05, 4.69) is 10.9 Å². The molecule has 0 bridgehead atoms. The Hall–Kier alpha value is -0.740. The average Bonchev–Trinajstić information content (AvgIpc) is 2.09. The Morgan fingerprint density at radius 2 is 1.00 bits per heavy atom. The second-order valence-electron chi connectivity index (χ2n) is 4.95. The van der Waals surface area contributed by atoms with Crippen molar-refractivity contribution in [1.29, 1.82) is 0 Å². The van der Waals surface area contributed by atoms with Gasteiger partial charge in [-0.2, -0.15) is 0 Å². The van der Waals surface area contributed by atoms with Gasteiger partial charge in [-0.25, -0.2) is 10.9 Å². The van der Waals surface area contributed by atoms with E-state index in [1.54, 1.807) is 13.8 Å². The van der Waals surface area contributed by atoms with E-state index in [1.807, 2.05) is 27.7 Å². The molecule has 0 aromatic heterocycles. The molecular formula is C12H24N2O2. The van der Waals surface area contributed by atoms with Gasteiger partial charge in [0.25, 0.3) is 0 Å². The zero-order valence-corrected chi connectivity index (χ0v) is 11.1. The second kappa shape index (κ2) is 6.76. The van der Waals surface area contributed by atoms with Crippen molar-refractivity contribution < 1.29 is 9.59 Å². The summed E-state index contributed by atoms with van der Waals surface area (Å²) in [7, 11) is 0. The van der Waals surface area contributed by atoms with Crippen molar-refractivity contribution in [2.45, 2.75) is 53.6 Å². The molecular weight excluding hydrogens is 204 g/mol. The Kier molecular flexibility index (Phi) is 6.45. The van der Waals surface area contributed by atoms with Crippen LogP contribution in [0.3, 0.4) is 0 Å². The van der Waals surface area contributed by atoms with E-state index in [-0.39, 0.29) is 35.5 Å². The Morgan fingerprint density at radius 1 is 0.750 bits per heavy atom. The van der Waals surface area contributed by atoms with Gasteiger partial charge in [-0.05, 0) is 25.7 Å². The monoisotopic (exact) mass is 228 g/mol. The summed E-state index contributed by atoms with van der Waals surface area (Å²) >= 11 is 0. The summed E-state index contributed by atoms with van der Waals surface area (Å²) in [6, 6.07) is -0.499. The molecule has 94 valence electrons. The molecule has 0 unspecified atom stereocenters. The van der Waals surface area contributed by atoms with Crippen molar-refractivity contribution in [1.82, 2.24) is 10.9 Å². The first-order valence-electron chi connectivity index (χ1n) is 5.79. The summed E-state index contributed by atoms with van der Waals surface area (Å²) in [6.07, 6.45) is 0. The minimum absolute atomic E-state index is 0.0774. The average molecular weight is 228 g/mol. The van der Waals surface area contributed by atoms with E-state index >= 15 is 0 Å². The van der Waals surface area contributed by atoms with Crippen molar-refractivity contribution in [2.24, 2.45) is 11.8 Å². The van der Waals surface area contributed by atoms with Crippen molar-refractivity contribution in [3.63, 3.8) is 0 Å². The molecule has 0 rings (SSSR count). The van der Waals surface area contributed by atoms with E-state index in [1.165, 1.54) is 0 Å². The smallest absolute Gasteiger partial charge is 0.148 e. The Labute approximate surface area is 98.1 Å². The van der Waals surface area contributed by atoms with Crippen LogP contribution < -0.4 is 10.9 Å². The predicted molar refractivity (Wildman–Crippen MR) is 64.9 cm³/mol. The molecule has 0 amide bonds. The lowest BCUT2D eigenvalue weighted by molar-refractivity contribution is -0.123. The van der Waals surface area contributed by atoms with Crippen LogP contribution in [-0.4, -0.2) is 23.7 Å². The fourth-order valence-corrected chi connectivity index (χ4v) is 1.65. The maximum atomic E-state index is 11.4. The molecule has 0 aliphatic heterocycles. The largest absolute Gasteiger partial charge is 0.298 e. The number of Topliss-reactive ketones (excluding diaryl/α,β-unsaturated/α-hetero) is 2. The number of carbonyl (C=O) groups is 2. The molecule has 0 aromatic carbocycles. The van der Waals surface area contributed by atoms with E-state index < -0.39 is 0 Å². The topological polar surface area (TPSA) is 58.2 Å². The van der Waals surface area contributed by atoms with Gasteiger partial charge in [0.05, 0.1) is 12.1 Å². The molecule has 0 spiro atoms. The fourth-order valence-electron chi connectivity index (χ4n) is 1.65. The van der Waals surface area contributed by atoms with Crippen molar-refractivity contribution in [2.75, 3.05) is 0 Å². The van der Waals surface area contributed by atoms with Gasteiger partial charge in [0.15, 0.2) is 0 Å². The van der Waals surface area contributed by atoms with Gasteiger partial charge < -0.3 is 0 Å². The highest BCUT2D eigenvalue weighted by Crippen LogP contribution is 2.04. The third-order valence-corrected chi connectivity index (χ3v) is 2.60. The summed E-state index contributed by atoms with van der Waals surface area (Å²) in [5.74, 6) is 0.552. The predicted octanol–water partition coefficient (Wildman–Crippen LogP) is 1.31. The summed E-state index contributed by atoms with van der Waals surface area (Å²) in [4.78, 5) is 22.7. The maximum Gasteiger partial charge on any atom is 0.148 e. The number of hydrazine groups is 1. The molecule has 2 atom stereocenters. The van der Waals surface area contributed by atoms with Crippen LogP contribution in [0.15, 0.2) is 0 Å². The first-order chi connectivity index (χ1) is 7.27. The Morgan fingerprint density at radius 3 is 1.12 bits per heavy atom. The summed E-state index contributed by atoms with van der Waals surface area (Å²) in [5.41, 5.74) is 5.92. The highest BCUT2D eigenvalue weighted by molar-refractivity contribution is 5.82. The first kappa shape index (κ1) is 15.3. The summed E-state index contributed by atoms with van der Waals surface area (Å²) in [6.45, 7) is 11.0. The third kappa shape index (κ3) is 4.86. The van der Waals surface area contributed by atoms with Crippen LogP contribution in [-0.2, 0) is 9.59 Å². The molecule has 4 heteroatoms. The van der Waals surface area contributed by atoms with Crippen LogP contribution in [0.2, 0.25) is 0 Å². The van der Waals surface area contributed by atoms with Gasteiger partial charge in [-0.15, -0.1) is 0 Å². The molecule has 0 heterocycles. The molecule has 16 heavy (non-hydrogen) atoms. The van der Waals surface area contributed by atoms with Gasteiger partial charge >= 0.3 is 0 Å². The molecule has 0 fully saturated rings. The number of hydrogen-bond donors (Lipinski definition) is 2. The lowest BCUT2D eigenvalue weighted by atomic mass is 10.00. The highest BCUT2D eigenvalue weighted by Gasteiger charge is 2.22. The van der Waals surface area contributed by atoms with Gasteiger partial charge in [0, 0.05) is 0 Å². The van der Waals surface area contributed by atoms with Crippen LogP contribution in [0.25, 0.3) is 0 Å². The zero-order valence-electron chi connectivity index (χ0n) is 11.1. The molecule has 0 saturated heterocycles. The number of rotatable bonds is 7. The van der Waals surface area contributed by atoms with Crippen molar-refractivity contribution in [3.8, 4) is 0 Å². The number of hydrogen-bond acceptors (Lipinski definition) is 4. The zero-order chi connectivity index (χ0) is 12.9. The Balaban J connectivity index is 4.38. The summed E-state index contributed by atoms with van der Waals surface area (Å²) in [5, 5.41) is 0. The van der Waals surface area contributed by atoms with Gasteiger partial charge in [0.2, 0.25) is 0 Å². The number of ketones is 2. The molecule has 2 N–H and O–H groups in total. The van der Waals surface area contributed by atoms with Crippen molar-refractivity contribution in [3.05, 3.63) is 0 Å². The minimum atomic E-state index is -0.249. The van der Waals surface area contributed by atoms with Crippen LogP contribution in [0, 0.1) is 11.8 Å². The van der Waals surface area contributed by atoms with Crippen LogP contribution in [0.5, 0.6) is 0 Å². The van der Waals surface area contributed by atoms with E-state index in [9.17, 15) is 9.59 Å². The van der Waals surface area contributed by atoms with Gasteiger partial charge in [0.1, 0.15) is 11.6 Å². The fraction of sp³-hybridized carbons (Fsp3) is 0.833. The molecule has 0 saturated carbocycles. The van der Waals surface area contributed by atoms with E-state index in [0.717, 1.165) is 0 Å². The van der Waals surface area contributed by atoms with E-state index in [4.69, 9.17) is 0 Å². The standard InChI is InChI=1S/C12H24N2O2/c1-7(2)11(9(5)15)13-14-12(8(3)4)10(6)16/h7-8,11-14H,1-6H3/t11-,12-/m0/s1. The van der Waals surface area contributed by atoms with Crippen LogP contribution in [0.1, 0.15) is 41.5 Å². The molecule has 0 aliphatic rings. The molecule has 0 aromatic rings. The lowest BCUT2D eigenvalue weighted by Gasteiger charge is -2.25. The summed E-state index contributed by atoms with van der Waals surface area (Å²) < 4.78 is 0.